The first-order valence-corrected chi connectivity index (χ1v) is 14.7. The third-order valence-electron chi connectivity index (χ3n) is 6.56. The minimum absolute atomic E-state index is 0.0429. The molecule has 0 heterocycles. The average Bonchev–Trinajstić information content (AvgIpc) is 2.98. The highest BCUT2D eigenvalue weighted by molar-refractivity contribution is 5.88. The van der Waals surface area contributed by atoms with Crippen LogP contribution < -0.4 is 21.3 Å². The highest BCUT2D eigenvalue weighted by Gasteiger charge is 2.32. The quantitative estimate of drug-likeness (QED) is 0.0463. The van der Waals surface area contributed by atoms with E-state index in [2.05, 4.69) is 21.3 Å². The molecule has 0 saturated heterocycles. The third kappa shape index (κ3) is 17.5. The molecule has 0 aromatic heterocycles. The summed E-state index contributed by atoms with van der Waals surface area (Å²) in [5, 5.41) is 97.9. The molecule has 44 heavy (non-hydrogen) atoms. The fourth-order valence-electron chi connectivity index (χ4n) is 3.71. The Morgan fingerprint density at radius 1 is 0.705 bits per heavy atom. The van der Waals surface area contributed by atoms with Gasteiger partial charge in [-0.15, -0.1) is 0 Å². The fraction of sp³-hybridized carbons (Fsp3) is 0.889. The molecule has 13 N–H and O–H groups in total. The topological polar surface area (TPSA) is 291 Å². The maximum absolute atomic E-state index is 12.8. The molecule has 17 heteroatoms. The second-order valence-electron chi connectivity index (χ2n) is 11.6. The van der Waals surface area contributed by atoms with Crippen LogP contribution in [0.25, 0.3) is 0 Å². The van der Waals surface area contributed by atoms with Gasteiger partial charge in [-0.2, -0.15) is 0 Å². The molecule has 0 radical (unpaired) electrons. The van der Waals surface area contributed by atoms with E-state index in [1.165, 1.54) is 0 Å². The van der Waals surface area contributed by atoms with Crippen LogP contribution in [0.2, 0.25) is 0 Å². The molecule has 0 spiro atoms. The van der Waals surface area contributed by atoms with Crippen LogP contribution in [0.15, 0.2) is 0 Å². The summed E-state index contributed by atoms with van der Waals surface area (Å²) in [4.78, 5) is 37.7. The summed E-state index contributed by atoms with van der Waals surface area (Å²) in [5.41, 5.74) is -0.106. The number of aliphatic hydroxyl groups excluding tert-OH is 9. The average molecular weight is 643 g/mol. The first-order valence-electron chi connectivity index (χ1n) is 14.7. The first-order chi connectivity index (χ1) is 20.4. The minimum atomic E-state index is -1.93. The molecule has 0 aliphatic carbocycles. The lowest BCUT2D eigenvalue weighted by atomic mass is 10.0. The van der Waals surface area contributed by atoms with E-state index in [1.807, 2.05) is 20.8 Å². The second-order valence-corrected chi connectivity index (χ2v) is 11.6. The molecule has 3 amide bonds. The van der Waals surface area contributed by atoms with E-state index in [-0.39, 0.29) is 37.8 Å². The van der Waals surface area contributed by atoms with Crippen LogP contribution >= 0.6 is 0 Å². The zero-order valence-electron chi connectivity index (χ0n) is 25.9. The van der Waals surface area contributed by atoms with Gasteiger partial charge < -0.3 is 72.0 Å². The highest BCUT2D eigenvalue weighted by Crippen LogP contribution is 2.08. The lowest BCUT2D eigenvalue weighted by Gasteiger charge is -2.26. The molecule has 260 valence electrons. The van der Waals surface area contributed by atoms with Gasteiger partial charge in [-0.1, -0.05) is 6.92 Å². The second kappa shape index (κ2) is 21.7. The summed E-state index contributed by atoms with van der Waals surface area (Å²) < 4.78 is 5.42. The fourth-order valence-corrected chi connectivity index (χ4v) is 3.71. The van der Waals surface area contributed by atoms with Gasteiger partial charge >= 0.3 is 0 Å². The summed E-state index contributed by atoms with van der Waals surface area (Å²) in [5.74, 6) is -2.12. The number of nitrogens with one attached hydrogen (secondary N) is 4. The highest BCUT2D eigenvalue weighted by atomic mass is 16.5. The Labute approximate surface area is 257 Å². The maximum atomic E-state index is 12.8. The molecule has 0 rings (SSSR count). The molecule has 0 bridgehead atoms. The monoisotopic (exact) mass is 642 g/mol. The van der Waals surface area contributed by atoms with E-state index in [0.717, 1.165) is 0 Å². The number of carbonyl (C=O) groups is 3. The Kier molecular flexibility index (Phi) is 20.7. The van der Waals surface area contributed by atoms with Crippen molar-refractivity contribution in [2.45, 2.75) is 114 Å². The number of aliphatic hydroxyl groups is 9. The Morgan fingerprint density at radius 3 is 1.75 bits per heavy atom. The van der Waals surface area contributed by atoms with Crippen molar-refractivity contribution in [1.82, 2.24) is 21.3 Å². The van der Waals surface area contributed by atoms with Crippen molar-refractivity contribution >= 4 is 17.7 Å². The number of hydrogen-bond acceptors (Lipinski definition) is 14. The zero-order chi connectivity index (χ0) is 34.0. The summed E-state index contributed by atoms with van der Waals surface area (Å²) in [6.07, 6.45) is -14.2. The maximum Gasteiger partial charge on any atom is 0.242 e. The van der Waals surface area contributed by atoms with Crippen molar-refractivity contribution in [3.05, 3.63) is 0 Å². The third-order valence-corrected chi connectivity index (χ3v) is 6.56. The summed E-state index contributed by atoms with van der Waals surface area (Å²) in [6.45, 7) is 6.46. The van der Waals surface area contributed by atoms with Gasteiger partial charge in [0.05, 0.1) is 38.1 Å². The zero-order valence-corrected chi connectivity index (χ0v) is 25.9. The molecule has 0 aliphatic heterocycles. The van der Waals surface area contributed by atoms with Crippen LogP contribution in [0, 0.1) is 0 Å². The SMILES string of the molecule is CC[C@@H](O)[C@@H](O)[C@H](O)[C@@H](O)CNC(=O)CCC(NC(=O)CCOCCNC(C)(C)C)C(=O)NC[C@H](O)[C@@H](O)[C@H](O)[C@H](O)CO. The van der Waals surface area contributed by atoms with Crippen molar-refractivity contribution < 1.29 is 65.1 Å². The van der Waals surface area contributed by atoms with E-state index < -0.39 is 92.3 Å². The predicted octanol–water partition coefficient (Wildman–Crippen LogP) is -5.43. The number of rotatable bonds is 23. The number of amides is 3. The van der Waals surface area contributed by atoms with Gasteiger partial charge in [-0.25, -0.2) is 0 Å². The molecular formula is C27H54N4O13. The van der Waals surface area contributed by atoms with Crippen LogP contribution in [-0.2, 0) is 19.1 Å². The number of hydrogen-bond donors (Lipinski definition) is 13. The van der Waals surface area contributed by atoms with E-state index >= 15 is 0 Å². The Balaban J connectivity index is 5.11. The van der Waals surface area contributed by atoms with Crippen molar-refractivity contribution in [1.29, 1.82) is 0 Å². The molecule has 0 fully saturated rings. The van der Waals surface area contributed by atoms with Gasteiger partial charge in [0.2, 0.25) is 17.7 Å². The summed E-state index contributed by atoms with van der Waals surface area (Å²) in [7, 11) is 0. The van der Waals surface area contributed by atoms with Crippen molar-refractivity contribution in [3.8, 4) is 0 Å². The minimum Gasteiger partial charge on any atom is -0.394 e. The number of ether oxygens (including phenoxy) is 1. The van der Waals surface area contributed by atoms with Crippen molar-refractivity contribution in [2.75, 3.05) is 39.5 Å². The van der Waals surface area contributed by atoms with Gasteiger partial charge in [0, 0.05) is 38.0 Å². The van der Waals surface area contributed by atoms with Gasteiger partial charge in [-0.3, -0.25) is 14.4 Å². The largest absolute Gasteiger partial charge is 0.394 e. The van der Waals surface area contributed by atoms with E-state index in [1.54, 1.807) is 6.92 Å². The van der Waals surface area contributed by atoms with Crippen LogP contribution in [0.3, 0.4) is 0 Å². The van der Waals surface area contributed by atoms with Crippen LogP contribution in [0.4, 0.5) is 0 Å². The number of carbonyl (C=O) groups excluding carboxylic acids is 3. The lowest BCUT2D eigenvalue weighted by Crippen LogP contribution is -2.53. The van der Waals surface area contributed by atoms with Gasteiger partial charge in [0.1, 0.15) is 36.6 Å². The molecule has 17 nitrogen and oxygen atoms in total. The van der Waals surface area contributed by atoms with E-state index in [9.17, 15) is 55.2 Å². The van der Waals surface area contributed by atoms with Crippen molar-refractivity contribution in [2.24, 2.45) is 0 Å². The normalized spacial score (nSPS) is 18.2. The van der Waals surface area contributed by atoms with Crippen LogP contribution in [0.1, 0.15) is 53.4 Å². The van der Waals surface area contributed by atoms with Gasteiger partial charge in [0.25, 0.3) is 0 Å². The van der Waals surface area contributed by atoms with E-state index in [4.69, 9.17) is 9.84 Å². The molecule has 9 atom stereocenters. The molecule has 1 unspecified atom stereocenters. The van der Waals surface area contributed by atoms with E-state index in [0.29, 0.717) is 13.2 Å². The van der Waals surface area contributed by atoms with Crippen LogP contribution in [0.5, 0.6) is 0 Å². The first kappa shape index (κ1) is 42.0. The molecule has 0 aliphatic rings. The summed E-state index contributed by atoms with van der Waals surface area (Å²) >= 11 is 0. The van der Waals surface area contributed by atoms with Crippen LogP contribution in [-0.4, -0.2) is 164 Å². The molecule has 0 saturated carbocycles. The smallest absolute Gasteiger partial charge is 0.242 e. The Morgan fingerprint density at radius 2 is 1.23 bits per heavy atom. The molecular weight excluding hydrogens is 588 g/mol. The Bertz CT molecular complexity index is 832. The summed E-state index contributed by atoms with van der Waals surface area (Å²) in [6, 6.07) is -1.30. The molecule has 0 aromatic carbocycles. The van der Waals surface area contributed by atoms with Gasteiger partial charge in [-0.05, 0) is 33.6 Å². The van der Waals surface area contributed by atoms with Crippen molar-refractivity contribution in [3.63, 3.8) is 0 Å². The van der Waals surface area contributed by atoms with Gasteiger partial charge in [0.15, 0.2) is 0 Å². The molecule has 0 aromatic rings. The predicted molar refractivity (Wildman–Crippen MR) is 156 cm³/mol. The standard InChI is InChI=1S/C27H54N4O13/c1-5-16(33)22(39)23(40)17(34)12-28-20(37)7-6-15(31-21(38)8-10-44-11-9-30-27(2,3)4)26(43)29-13-18(35)24(41)25(42)19(36)14-32/h15-19,22-25,30,32-36,39-42H,5-14H2,1-4H3,(H,28,37)(H,29,43)(H,31,38)/t15?,16-,17+,18+,19-,22-,23-,24-,25-/m1/s1. The Hall–Kier alpha value is -2.03. The lowest BCUT2D eigenvalue weighted by molar-refractivity contribution is -0.132.